The molecule has 1 aromatic carbocycles. The zero-order valence-corrected chi connectivity index (χ0v) is 11.8. The molecule has 0 bridgehead atoms. The molecule has 2 N–H and O–H groups in total. The minimum absolute atomic E-state index is 0.742. The molecular weight excluding hydrogens is 250 g/mol. The Hall–Kier alpha value is -1.55. The largest absolute Gasteiger partial charge is 0.368 e. The first kappa shape index (κ1) is 13.4. The van der Waals surface area contributed by atoms with E-state index in [9.17, 15) is 0 Å². The van der Waals surface area contributed by atoms with Crippen LogP contribution in [0.25, 0.3) is 0 Å². The number of anilines is 1. The standard InChI is InChI=1S/C16H23N3O/c20-18-12-17-14-7-9-15(10-8-14)19-11-3-5-13-4-1-2-6-16(13)19/h7-10,12-13,16,20H,1-6,11H2,(H,17,18). The topological polar surface area (TPSA) is 47.9 Å². The van der Waals surface area contributed by atoms with Gasteiger partial charge in [0.05, 0.1) is 5.69 Å². The molecule has 2 unspecified atom stereocenters. The second-order valence-corrected chi connectivity index (χ2v) is 5.85. The van der Waals surface area contributed by atoms with Gasteiger partial charge in [0, 0.05) is 18.3 Å². The molecular formula is C16H23N3O. The number of rotatable bonds is 3. The lowest BCUT2D eigenvalue weighted by atomic mass is 9.78. The Balaban J connectivity index is 1.75. The fourth-order valence-electron chi connectivity index (χ4n) is 3.78. The predicted molar refractivity (Wildman–Crippen MR) is 81.8 cm³/mol. The summed E-state index contributed by atoms with van der Waals surface area (Å²) in [5, 5.41) is 8.51. The highest BCUT2D eigenvalue weighted by Gasteiger charge is 2.33. The van der Waals surface area contributed by atoms with Crippen molar-refractivity contribution in [1.82, 2.24) is 5.48 Å². The molecule has 0 spiro atoms. The number of nitrogens with one attached hydrogen (secondary N) is 1. The van der Waals surface area contributed by atoms with Gasteiger partial charge < -0.3 is 4.90 Å². The number of benzene rings is 1. The van der Waals surface area contributed by atoms with E-state index in [-0.39, 0.29) is 0 Å². The van der Waals surface area contributed by atoms with Crippen molar-refractivity contribution in [2.75, 3.05) is 11.4 Å². The Kier molecular flexibility index (Phi) is 4.21. The summed E-state index contributed by atoms with van der Waals surface area (Å²) in [5.41, 5.74) is 4.10. The number of nitrogens with zero attached hydrogens (tertiary/aromatic N) is 2. The van der Waals surface area contributed by atoms with E-state index in [1.807, 2.05) is 17.6 Å². The van der Waals surface area contributed by atoms with Crippen LogP contribution in [0.4, 0.5) is 11.4 Å². The van der Waals surface area contributed by atoms with Crippen LogP contribution in [0.15, 0.2) is 29.3 Å². The van der Waals surface area contributed by atoms with Crippen molar-refractivity contribution in [3.05, 3.63) is 24.3 Å². The average molecular weight is 273 g/mol. The van der Waals surface area contributed by atoms with E-state index in [1.165, 1.54) is 57.1 Å². The van der Waals surface area contributed by atoms with Crippen LogP contribution in [-0.2, 0) is 0 Å². The van der Waals surface area contributed by atoms with E-state index >= 15 is 0 Å². The van der Waals surface area contributed by atoms with E-state index in [1.54, 1.807) is 0 Å². The SMILES string of the molecule is ONC=Nc1ccc(N2CCCC3CCCCC32)cc1. The van der Waals surface area contributed by atoms with Gasteiger partial charge in [-0.15, -0.1) is 0 Å². The van der Waals surface area contributed by atoms with E-state index < -0.39 is 0 Å². The smallest absolute Gasteiger partial charge is 0.113 e. The Morgan fingerprint density at radius 1 is 1.10 bits per heavy atom. The lowest BCUT2D eigenvalue weighted by molar-refractivity contribution is 0.240. The molecule has 1 saturated carbocycles. The highest BCUT2D eigenvalue weighted by Crippen LogP contribution is 2.37. The summed E-state index contributed by atoms with van der Waals surface area (Å²) in [6, 6.07) is 9.07. The van der Waals surface area contributed by atoms with Gasteiger partial charge in [-0.1, -0.05) is 12.8 Å². The number of fused-ring (bicyclic) bond motifs is 1. The highest BCUT2D eigenvalue weighted by molar-refractivity contribution is 5.62. The van der Waals surface area contributed by atoms with Gasteiger partial charge in [-0.25, -0.2) is 4.99 Å². The molecule has 1 aliphatic heterocycles. The molecule has 1 aromatic rings. The molecule has 108 valence electrons. The van der Waals surface area contributed by atoms with Gasteiger partial charge in [-0.3, -0.25) is 10.7 Å². The van der Waals surface area contributed by atoms with Crippen LogP contribution in [-0.4, -0.2) is 24.1 Å². The molecule has 20 heavy (non-hydrogen) atoms. The lowest BCUT2D eigenvalue weighted by Gasteiger charge is -2.45. The van der Waals surface area contributed by atoms with Crippen molar-refractivity contribution < 1.29 is 5.21 Å². The van der Waals surface area contributed by atoms with Gasteiger partial charge in [0.1, 0.15) is 6.34 Å². The van der Waals surface area contributed by atoms with E-state index in [4.69, 9.17) is 5.21 Å². The molecule has 1 heterocycles. The van der Waals surface area contributed by atoms with Crippen LogP contribution < -0.4 is 10.4 Å². The quantitative estimate of drug-likeness (QED) is 0.503. The maximum Gasteiger partial charge on any atom is 0.113 e. The molecule has 4 nitrogen and oxygen atoms in total. The number of hydrogen-bond acceptors (Lipinski definition) is 3. The summed E-state index contributed by atoms with van der Waals surface area (Å²) in [7, 11) is 0. The van der Waals surface area contributed by atoms with Crippen LogP contribution in [0.1, 0.15) is 38.5 Å². The van der Waals surface area contributed by atoms with Crippen molar-refractivity contribution in [2.45, 2.75) is 44.6 Å². The maximum atomic E-state index is 8.51. The molecule has 1 aliphatic carbocycles. The van der Waals surface area contributed by atoms with E-state index in [0.717, 1.165) is 17.6 Å². The lowest BCUT2D eigenvalue weighted by Crippen LogP contribution is -2.46. The van der Waals surface area contributed by atoms with E-state index in [0.29, 0.717) is 0 Å². The van der Waals surface area contributed by atoms with Crippen LogP contribution in [0.2, 0.25) is 0 Å². The van der Waals surface area contributed by atoms with Crippen LogP contribution >= 0.6 is 0 Å². The first-order valence-electron chi connectivity index (χ1n) is 7.67. The van der Waals surface area contributed by atoms with Gasteiger partial charge in [0.15, 0.2) is 0 Å². The Labute approximate surface area is 120 Å². The first-order valence-corrected chi connectivity index (χ1v) is 7.67. The number of hydrogen-bond donors (Lipinski definition) is 2. The van der Waals surface area contributed by atoms with E-state index in [2.05, 4.69) is 22.0 Å². The third-order valence-electron chi connectivity index (χ3n) is 4.70. The summed E-state index contributed by atoms with van der Waals surface area (Å²) < 4.78 is 0. The van der Waals surface area contributed by atoms with Crippen LogP contribution in [0, 0.1) is 5.92 Å². The first-order chi connectivity index (χ1) is 9.88. The Morgan fingerprint density at radius 3 is 2.65 bits per heavy atom. The molecule has 4 heteroatoms. The summed E-state index contributed by atoms with van der Waals surface area (Å²) in [4.78, 5) is 6.69. The zero-order chi connectivity index (χ0) is 13.8. The Bertz CT molecular complexity index is 455. The second-order valence-electron chi connectivity index (χ2n) is 5.85. The number of aliphatic imine (C=N–C) groups is 1. The minimum Gasteiger partial charge on any atom is -0.368 e. The summed E-state index contributed by atoms with van der Waals surface area (Å²) in [6.07, 6.45) is 9.55. The fourth-order valence-corrected chi connectivity index (χ4v) is 3.78. The summed E-state index contributed by atoms with van der Waals surface area (Å²) in [5.74, 6) is 0.897. The van der Waals surface area contributed by atoms with Crippen molar-refractivity contribution in [3.63, 3.8) is 0 Å². The number of hydroxylamine groups is 1. The summed E-state index contributed by atoms with van der Waals surface area (Å²) >= 11 is 0. The predicted octanol–water partition coefficient (Wildman–Crippen LogP) is 3.48. The van der Waals surface area contributed by atoms with Crippen molar-refractivity contribution in [3.8, 4) is 0 Å². The van der Waals surface area contributed by atoms with Gasteiger partial charge >= 0.3 is 0 Å². The molecule has 3 rings (SSSR count). The molecule has 0 radical (unpaired) electrons. The average Bonchev–Trinajstić information content (AvgIpc) is 2.53. The molecule has 0 amide bonds. The zero-order valence-electron chi connectivity index (χ0n) is 11.8. The Morgan fingerprint density at radius 2 is 1.85 bits per heavy atom. The number of piperidine rings is 1. The van der Waals surface area contributed by atoms with Crippen molar-refractivity contribution in [2.24, 2.45) is 10.9 Å². The third kappa shape index (κ3) is 2.80. The van der Waals surface area contributed by atoms with Crippen LogP contribution in [0.3, 0.4) is 0 Å². The monoisotopic (exact) mass is 273 g/mol. The van der Waals surface area contributed by atoms with Gasteiger partial charge in [-0.05, 0) is 55.9 Å². The molecule has 2 fully saturated rings. The molecule has 1 saturated heterocycles. The maximum absolute atomic E-state index is 8.51. The van der Waals surface area contributed by atoms with Crippen LogP contribution in [0.5, 0.6) is 0 Å². The highest BCUT2D eigenvalue weighted by atomic mass is 16.5. The van der Waals surface area contributed by atoms with Gasteiger partial charge in [0.2, 0.25) is 0 Å². The third-order valence-corrected chi connectivity index (χ3v) is 4.70. The molecule has 2 atom stereocenters. The normalized spacial score (nSPS) is 26.6. The van der Waals surface area contributed by atoms with Crippen molar-refractivity contribution in [1.29, 1.82) is 0 Å². The molecule has 2 aliphatic rings. The van der Waals surface area contributed by atoms with Gasteiger partial charge in [0.25, 0.3) is 0 Å². The van der Waals surface area contributed by atoms with Crippen molar-refractivity contribution >= 4 is 17.7 Å². The second kappa shape index (κ2) is 6.27. The fraction of sp³-hybridized carbons (Fsp3) is 0.562. The molecule has 0 aromatic heterocycles. The minimum atomic E-state index is 0.742. The summed E-state index contributed by atoms with van der Waals surface area (Å²) in [6.45, 7) is 1.18. The van der Waals surface area contributed by atoms with Gasteiger partial charge in [-0.2, -0.15) is 0 Å².